The number of nitrogens with zero attached hydrogens (tertiary/aromatic N) is 3. The van der Waals surface area contributed by atoms with E-state index < -0.39 is 0 Å². The molecule has 3 unspecified atom stereocenters. The highest BCUT2D eigenvalue weighted by Gasteiger charge is 2.39. The molecule has 2 aromatic rings. The van der Waals surface area contributed by atoms with Crippen LogP contribution in [-0.2, 0) is 5.33 Å². The Hall–Kier alpha value is -1.03. The summed E-state index contributed by atoms with van der Waals surface area (Å²) >= 11 is 3.63. The number of fused-ring (bicyclic) bond motifs is 3. The first kappa shape index (κ1) is 13.6. The van der Waals surface area contributed by atoms with Crippen molar-refractivity contribution >= 4 is 27.4 Å². The molecule has 2 aromatic heterocycles. The van der Waals surface area contributed by atoms with Gasteiger partial charge < -0.3 is 9.30 Å². The van der Waals surface area contributed by atoms with Crippen molar-refractivity contribution in [2.24, 2.45) is 17.8 Å². The first-order chi connectivity index (χ1) is 10.3. The number of hydrogen-bond acceptors (Lipinski definition) is 2. The largest absolute Gasteiger partial charge is 0.358 e. The van der Waals surface area contributed by atoms with Crippen LogP contribution in [0, 0.1) is 17.8 Å². The molecule has 2 aliphatic carbocycles. The van der Waals surface area contributed by atoms with E-state index in [1.54, 1.807) is 0 Å². The third kappa shape index (κ3) is 2.28. The molecule has 0 amide bonds. The molecular weight excluding hydrogens is 326 g/mol. The van der Waals surface area contributed by atoms with Gasteiger partial charge in [-0.2, -0.15) is 0 Å². The Kier molecular flexibility index (Phi) is 3.44. The fourth-order valence-electron chi connectivity index (χ4n) is 4.50. The molecule has 3 nitrogen and oxygen atoms in total. The van der Waals surface area contributed by atoms with Gasteiger partial charge in [0.05, 0.1) is 5.69 Å². The van der Waals surface area contributed by atoms with Gasteiger partial charge in [-0.3, -0.25) is 0 Å². The van der Waals surface area contributed by atoms with Crippen molar-refractivity contribution in [2.45, 2.75) is 31.0 Å². The van der Waals surface area contributed by atoms with Crippen LogP contribution in [0.25, 0.3) is 5.65 Å². The first-order valence-corrected chi connectivity index (χ1v) is 9.11. The van der Waals surface area contributed by atoms with Crippen LogP contribution >= 0.6 is 15.9 Å². The summed E-state index contributed by atoms with van der Waals surface area (Å²) in [7, 11) is 2.21. The maximum Gasteiger partial charge on any atom is 0.151 e. The minimum atomic E-state index is 0.842. The maximum atomic E-state index is 4.85. The summed E-state index contributed by atoms with van der Waals surface area (Å²) in [4.78, 5) is 7.23. The van der Waals surface area contributed by atoms with Gasteiger partial charge in [0.15, 0.2) is 5.82 Å². The smallest absolute Gasteiger partial charge is 0.151 e. The average molecular weight is 348 g/mol. The molecule has 0 aliphatic heterocycles. The SMILES string of the molecule is CN(CC1CC2CCC1C2)c1nc2ccccn2c1CBr. The van der Waals surface area contributed by atoms with E-state index in [2.05, 4.69) is 56.7 Å². The van der Waals surface area contributed by atoms with Crippen LogP contribution < -0.4 is 4.90 Å². The Bertz CT molecular complexity index is 651. The second-order valence-corrected chi connectivity index (χ2v) is 7.32. The fourth-order valence-corrected chi connectivity index (χ4v) is 5.02. The third-order valence-electron chi connectivity index (χ3n) is 5.49. The van der Waals surface area contributed by atoms with Gasteiger partial charge in [-0.1, -0.05) is 28.4 Å². The zero-order valence-corrected chi connectivity index (χ0v) is 14.1. The van der Waals surface area contributed by atoms with Crippen molar-refractivity contribution in [1.29, 1.82) is 0 Å². The number of halogens is 1. The fraction of sp³-hybridized carbons (Fsp3) is 0.588. The average Bonchev–Trinajstić information content (AvgIpc) is 3.19. The Morgan fingerprint density at radius 1 is 1.33 bits per heavy atom. The van der Waals surface area contributed by atoms with Crippen LogP contribution in [0.4, 0.5) is 5.82 Å². The summed E-state index contributed by atoms with van der Waals surface area (Å²) in [5, 5.41) is 0.842. The van der Waals surface area contributed by atoms with Gasteiger partial charge in [-0.25, -0.2) is 4.98 Å². The van der Waals surface area contributed by atoms with Crippen LogP contribution in [0.3, 0.4) is 0 Å². The number of hydrogen-bond donors (Lipinski definition) is 0. The standard InChI is InChI=1S/C17H22BrN3/c1-20(11-14-9-12-5-6-13(14)8-12)17-15(10-18)21-7-3-2-4-16(21)19-17/h2-4,7,12-14H,5-6,8-11H2,1H3. The molecule has 0 saturated heterocycles. The summed E-state index contributed by atoms with van der Waals surface area (Å²) in [5.41, 5.74) is 2.30. The third-order valence-corrected chi connectivity index (χ3v) is 6.02. The summed E-state index contributed by atoms with van der Waals surface area (Å²) in [6.45, 7) is 1.16. The van der Waals surface area contributed by atoms with Crippen LogP contribution in [-0.4, -0.2) is 23.0 Å². The predicted octanol–water partition coefficient (Wildman–Crippen LogP) is 4.10. The molecule has 2 bridgehead atoms. The van der Waals surface area contributed by atoms with Crippen LogP contribution in [0.5, 0.6) is 0 Å². The van der Waals surface area contributed by atoms with E-state index in [1.165, 1.54) is 31.4 Å². The monoisotopic (exact) mass is 347 g/mol. The molecule has 0 spiro atoms. The number of anilines is 1. The highest BCUT2D eigenvalue weighted by molar-refractivity contribution is 9.08. The van der Waals surface area contributed by atoms with Gasteiger partial charge >= 0.3 is 0 Å². The summed E-state index contributed by atoms with van der Waals surface area (Å²) in [6.07, 6.45) is 7.96. The Morgan fingerprint density at radius 3 is 2.95 bits per heavy atom. The van der Waals surface area contributed by atoms with Crippen molar-refractivity contribution in [3.63, 3.8) is 0 Å². The summed E-state index contributed by atoms with van der Waals surface area (Å²) < 4.78 is 2.20. The lowest BCUT2D eigenvalue weighted by atomic mass is 9.88. The number of pyridine rings is 1. The Labute approximate surface area is 134 Å². The number of imidazole rings is 1. The molecule has 2 aliphatic rings. The number of rotatable bonds is 4. The second kappa shape index (κ2) is 5.31. The predicted molar refractivity (Wildman–Crippen MR) is 90.0 cm³/mol. The summed E-state index contributed by atoms with van der Waals surface area (Å²) in [6, 6.07) is 6.21. The quantitative estimate of drug-likeness (QED) is 0.776. The van der Waals surface area contributed by atoms with E-state index in [4.69, 9.17) is 4.98 Å². The van der Waals surface area contributed by atoms with Crippen molar-refractivity contribution in [3.05, 3.63) is 30.1 Å². The van der Waals surface area contributed by atoms with Crippen molar-refractivity contribution in [2.75, 3.05) is 18.5 Å². The Balaban J connectivity index is 1.60. The van der Waals surface area contributed by atoms with Crippen LogP contribution in [0.15, 0.2) is 24.4 Å². The van der Waals surface area contributed by atoms with E-state index in [9.17, 15) is 0 Å². The van der Waals surface area contributed by atoms with E-state index in [0.29, 0.717) is 0 Å². The molecule has 0 aromatic carbocycles. The molecule has 4 heteroatoms. The van der Waals surface area contributed by atoms with Crippen LogP contribution in [0.1, 0.15) is 31.4 Å². The van der Waals surface area contributed by atoms with E-state index in [-0.39, 0.29) is 0 Å². The molecule has 2 fully saturated rings. The zero-order valence-electron chi connectivity index (χ0n) is 12.5. The van der Waals surface area contributed by atoms with Gasteiger partial charge in [-0.15, -0.1) is 0 Å². The molecule has 2 saturated carbocycles. The molecule has 2 heterocycles. The normalized spacial score (nSPS) is 27.6. The lowest BCUT2D eigenvalue weighted by Gasteiger charge is -2.27. The molecule has 21 heavy (non-hydrogen) atoms. The lowest BCUT2D eigenvalue weighted by molar-refractivity contribution is 0.337. The highest BCUT2D eigenvalue weighted by Crippen LogP contribution is 2.48. The van der Waals surface area contributed by atoms with E-state index >= 15 is 0 Å². The molecule has 3 atom stereocenters. The number of aromatic nitrogens is 2. The molecule has 0 N–H and O–H groups in total. The minimum Gasteiger partial charge on any atom is -0.358 e. The highest BCUT2D eigenvalue weighted by atomic mass is 79.9. The zero-order chi connectivity index (χ0) is 14.4. The van der Waals surface area contributed by atoms with Crippen molar-refractivity contribution in [3.8, 4) is 0 Å². The number of alkyl halides is 1. The van der Waals surface area contributed by atoms with Gasteiger partial charge in [0, 0.05) is 25.1 Å². The van der Waals surface area contributed by atoms with Gasteiger partial charge in [0.25, 0.3) is 0 Å². The minimum absolute atomic E-state index is 0.842. The van der Waals surface area contributed by atoms with Gasteiger partial charge in [0.1, 0.15) is 5.65 Å². The molecular formula is C17H22BrN3. The Morgan fingerprint density at radius 2 is 2.24 bits per heavy atom. The molecule has 112 valence electrons. The first-order valence-electron chi connectivity index (χ1n) is 7.99. The molecule has 4 rings (SSSR count). The second-order valence-electron chi connectivity index (χ2n) is 6.76. The molecule has 0 radical (unpaired) electrons. The lowest BCUT2D eigenvalue weighted by Crippen LogP contribution is -2.29. The van der Waals surface area contributed by atoms with Crippen molar-refractivity contribution in [1.82, 2.24) is 9.38 Å². The maximum absolute atomic E-state index is 4.85. The van der Waals surface area contributed by atoms with Gasteiger partial charge in [-0.05, 0) is 49.1 Å². The van der Waals surface area contributed by atoms with Gasteiger partial charge in [0.2, 0.25) is 0 Å². The van der Waals surface area contributed by atoms with Crippen LogP contribution in [0.2, 0.25) is 0 Å². The van der Waals surface area contributed by atoms with E-state index in [0.717, 1.165) is 41.1 Å². The van der Waals surface area contributed by atoms with E-state index in [1.807, 2.05) is 0 Å². The van der Waals surface area contributed by atoms with Crippen molar-refractivity contribution < 1.29 is 0 Å². The topological polar surface area (TPSA) is 20.5 Å². The summed E-state index contributed by atoms with van der Waals surface area (Å²) in [5.74, 6) is 4.01.